The zero-order chi connectivity index (χ0) is 15.0. The zero-order valence-corrected chi connectivity index (χ0v) is 13.4. The number of hydrogen-bond donors (Lipinski definition) is 1. The molecule has 0 aromatic heterocycles. The lowest BCUT2D eigenvalue weighted by Crippen LogP contribution is -2.49. The molecule has 0 fully saturated rings. The first-order chi connectivity index (χ1) is 9.23. The highest BCUT2D eigenvalue weighted by Crippen LogP contribution is 2.36. The van der Waals surface area contributed by atoms with Crippen molar-refractivity contribution in [1.29, 1.82) is 0 Å². The molecule has 0 saturated heterocycles. The van der Waals surface area contributed by atoms with Gasteiger partial charge in [-0.1, -0.05) is 24.3 Å². The first-order valence-electron chi connectivity index (χ1n) is 7.26. The summed E-state index contributed by atoms with van der Waals surface area (Å²) < 4.78 is 22.9. The average molecular weight is 295 g/mol. The van der Waals surface area contributed by atoms with Crippen molar-refractivity contribution in [3.05, 3.63) is 35.4 Å². The van der Waals surface area contributed by atoms with Gasteiger partial charge < -0.3 is 5.73 Å². The third-order valence-corrected chi connectivity index (χ3v) is 7.09. The van der Waals surface area contributed by atoms with E-state index in [0.29, 0.717) is 5.92 Å². The fraction of sp³-hybridized carbons (Fsp3) is 0.625. The Morgan fingerprint density at radius 1 is 1.35 bits per heavy atom. The SMILES string of the molecule is CC(C)(C(N)CC1CCCc2ccccc21)S(C)(=O)=O. The summed E-state index contributed by atoms with van der Waals surface area (Å²) in [4.78, 5) is 0. The molecule has 20 heavy (non-hydrogen) atoms. The van der Waals surface area contributed by atoms with Crippen LogP contribution >= 0.6 is 0 Å². The van der Waals surface area contributed by atoms with E-state index in [9.17, 15) is 8.42 Å². The number of sulfone groups is 1. The van der Waals surface area contributed by atoms with E-state index in [0.717, 1.165) is 25.7 Å². The normalized spacial score (nSPS) is 21.3. The third kappa shape index (κ3) is 2.91. The van der Waals surface area contributed by atoms with Crippen LogP contribution in [0.15, 0.2) is 24.3 Å². The minimum Gasteiger partial charge on any atom is -0.326 e. The van der Waals surface area contributed by atoms with Gasteiger partial charge in [0.15, 0.2) is 9.84 Å². The molecule has 2 atom stereocenters. The van der Waals surface area contributed by atoms with E-state index < -0.39 is 14.6 Å². The molecule has 112 valence electrons. The minimum absolute atomic E-state index is 0.339. The Morgan fingerprint density at radius 2 is 2.00 bits per heavy atom. The van der Waals surface area contributed by atoms with Crippen LogP contribution in [0, 0.1) is 0 Å². The highest BCUT2D eigenvalue weighted by atomic mass is 32.2. The molecular weight excluding hydrogens is 270 g/mol. The maximum atomic E-state index is 11.9. The first-order valence-corrected chi connectivity index (χ1v) is 9.15. The lowest BCUT2D eigenvalue weighted by atomic mass is 9.78. The van der Waals surface area contributed by atoms with Gasteiger partial charge in [0.2, 0.25) is 0 Å². The molecule has 0 heterocycles. The van der Waals surface area contributed by atoms with E-state index in [2.05, 4.69) is 24.3 Å². The molecule has 4 heteroatoms. The van der Waals surface area contributed by atoms with Crippen molar-refractivity contribution in [2.24, 2.45) is 5.73 Å². The van der Waals surface area contributed by atoms with Gasteiger partial charge in [-0.05, 0) is 56.6 Å². The monoisotopic (exact) mass is 295 g/mol. The fourth-order valence-electron chi connectivity index (χ4n) is 2.96. The number of rotatable bonds is 4. The van der Waals surface area contributed by atoms with Crippen molar-refractivity contribution in [3.63, 3.8) is 0 Å². The van der Waals surface area contributed by atoms with E-state index in [-0.39, 0.29) is 6.04 Å². The van der Waals surface area contributed by atoms with Crippen LogP contribution in [-0.4, -0.2) is 25.5 Å². The van der Waals surface area contributed by atoms with Crippen molar-refractivity contribution >= 4 is 9.84 Å². The van der Waals surface area contributed by atoms with E-state index in [1.165, 1.54) is 17.4 Å². The van der Waals surface area contributed by atoms with Gasteiger partial charge in [0.05, 0.1) is 4.75 Å². The van der Waals surface area contributed by atoms with Crippen LogP contribution < -0.4 is 5.73 Å². The van der Waals surface area contributed by atoms with Crippen molar-refractivity contribution < 1.29 is 8.42 Å². The van der Waals surface area contributed by atoms with E-state index in [1.54, 1.807) is 13.8 Å². The molecule has 2 rings (SSSR count). The molecule has 0 bridgehead atoms. The van der Waals surface area contributed by atoms with Crippen LogP contribution in [0.2, 0.25) is 0 Å². The Balaban J connectivity index is 2.20. The zero-order valence-electron chi connectivity index (χ0n) is 12.6. The number of benzene rings is 1. The van der Waals surface area contributed by atoms with Gasteiger partial charge in [0.1, 0.15) is 0 Å². The van der Waals surface area contributed by atoms with Crippen molar-refractivity contribution in [3.8, 4) is 0 Å². The van der Waals surface area contributed by atoms with Crippen molar-refractivity contribution in [1.82, 2.24) is 0 Å². The summed E-state index contributed by atoms with van der Waals surface area (Å²) in [5.74, 6) is 0.385. The van der Waals surface area contributed by atoms with Crippen LogP contribution in [-0.2, 0) is 16.3 Å². The first kappa shape index (κ1) is 15.5. The molecule has 1 aromatic rings. The molecule has 0 aliphatic heterocycles. The Bertz CT molecular complexity index is 578. The summed E-state index contributed by atoms with van der Waals surface area (Å²) >= 11 is 0. The quantitative estimate of drug-likeness (QED) is 0.929. The van der Waals surface area contributed by atoms with Crippen molar-refractivity contribution in [2.45, 2.75) is 56.2 Å². The van der Waals surface area contributed by atoms with Crippen molar-refractivity contribution in [2.75, 3.05) is 6.26 Å². The molecule has 0 saturated carbocycles. The molecule has 1 aliphatic rings. The van der Waals surface area contributed by atoms with E-state index in [1.807, 2.05) is 0 Å². The Hall–Kier alpha value is -0.870. The van der Waals surface area contributed by atoms with Crippen LogP contribution in [0.3, 0.4) is 0 Å². The minimum atomic E-state index is -3.15. The maximum absolute atomic E-state index is 11.9. The van der Waals surface area contributed by atoms with Crippen LogP contribution in [0.4, 0.5) is 0 Å². The smallest absolute Gasteiger partial charge is 0.154 e. The predicted octanol–water partition coefficient (Wildman–Crippen LogP) is 2.65. The van der Waals surface area contributed by atoms with Gasteiger partial charge in [-0.2, -0.15) is 0 Å². The van der Waals surface area contributed by atoms with Crippen LogP contribution in [0.25, 0.3) is 0 Å². The molecular formula is C16H25NO2S. The second-order valence-electron chi connectivity index (χ2n) is 6.51. The standard InChI is InChI=1S/C16H25NO2S/c1-16(2,20(3,18)19)15(17)11-13-9-6-8-12-7-4-5-10-14(12)13/h4-5,7,10,13,15H,6,8-9,11,17H2,1-3H3. The highest BCUT2D eigenvalue weighted by molar-refractivity contribution is 7.92. The summed E-state index contributed by atoms with van der Waals surface area (Å²) in [5.41, 5.74) is 9.00. The van der Waals surface area contributed by atoms with E-state index in [4.69, 9.17) is 5.73 Å². The van der Waals surface area contributed by atoms with Gasteiger partial charge >= 0.3 is 0 Å². The Labute approximate surface area is 122 Å². The van der Waals surface area contributed by atoms with E-state index >= 15 is 0 Å². The summed E-state index contributed by atoms with van der Waals surface area (Å²) in [6.45, 7) is 3.48. The largest absolute Gasteiger partial charge is 0.326 e. The molecule has 0 radical (unpaired) electrons. The van der Waals surface area contributed by atoms with Gasteiger partial charge in [-0.25, -0.2) is 8.42 Å². The molecule has 3 nitrogen and oxygen atoms in total. The van der Waals surface area contributed by atoms with Crippen LogP contribution in [0.1, 0.15) is 50.2 Å². The third-order valence-electron chi connectivity index (χ3n) is 4.88. The number of hydrogen-bond acceptors (Lipinski definition) is 3. The topological polar surface area (TPSA) is 60.2 Å². The summed E-state index contributed by atoms with van der Waals surface area (Å²) in [6, 6.07) is 8.13. The molecule has 0 amide bonds. The number of nitrogens with two attached hydrogens (primary N) is 1. The molecule has 1 aromatic carbocycles. The summed E-state index contributed by atoms with van der Waals surface area (Å²) in [7, 11) is -3.15. The number of aryl methyl sites for hydroxylation is 1. The molecule has 2 N–H and O–H groups in total. The second kappa shape index (κ2) is 5.49. The van der Waals surface area contributed by atoms with Crippen LogP contribution in [0.5, 0.6) is 0 Å². The lowest BCUT2D eigenvalue weighted by Gasteiger charge is -2.34. The highest BCUT2D eigenvalue weighted by Gasteiger charge is 2.38. The summed E-state index contributed by atoms with van der Waals surface area (Å²) in [6.07, 6.45) is 5.40. The molecule has 2 unspecified atom stereocenters. The maximum Gasteiger partial charge on any atom is 0.154 e. The second-order valence-corrected chi connectivity index (χ2v) is 9.10. The Kier molecular flexibility index (Phi) is 4.26. The molecule has 0 spiro atoms. The lowest BCUT2D eigenvalue weighted by molar-refractivity contribution is 0.406. The predicted molar refractivity (Wildman–Crippen MR) is 83.6 cm³/mol. The van der Waals surface area contributed by atoms with Gasteiger partial charge in [-0.3, -0.25) is 0 Å². The van der Waals surface area contributed by atoms with Gasteiger partial charge in [-0.15, -0.1) is 0 Å². The summed E-state index contributed by atoms with van der Waals surface area (Å²) in [5, 5.41) is 0. The fourth-order valence-corrected chi connectivity index (χ4v) is 3.61. The van der Waals surface area contributed by atoms with Gasteiger partial charge in [0, 0.05) is 12.3 Å². The van der Waals surface area contributed by atoms with Gasteiger partial charge in [0.25, 0.3) is 0 Å². The number of fused-ring (bicyclic) bond motifs is 1. The molecule has 1 aliphatic carbocycles. The Morgan fingerprint density at radius 3 is 2.65 bits per heavy atom. The average Bonchev–Trinajstić information content (AvgIpc) is 2.37.